The first-order valence-electron chi connectivity index (χ1n) is 10.4. The molecule has 2 aliphatic heterocycles. The van der Waals surface area contributed by atoms with Gasteiger partial charge < -0.3 is 18.8 Å². The molecule has 3 aliphatic rings. The summed E-state index contributed by atoms with van der Waals surface area (Å²) in [5, 5.41) is 0. The molecule has 1 aliphatic carbocycles. The van der Waals surface area contributed by atoms with E-state index in [0.29, 0.717) is 30.9 Å². The van der Waals surface area contributed by atoms with Crippen molar-refractivity contribution in [2.45, 2.75) is 62.6 Å². The highest BCUT2D eigenvalue weighted by molar-refractivity contribution is 5.93. The quantitative estimate of drug-likeness (QED) is 0.715. The fourth-order valence-corrected chi connectivity index (χ4v) is 5.32. The lowest BCUT2D eigenvalue weighted by molar-refractivity contribution is -0.203. The SMILES string of the molecule is COCCO[C@H]1CN(C2CCN(C(=O)c3ccoc3)CC2)C12CCCCC2. The molecule has 0 unspecified atom stereocenters. The van der Waals surface area contributed by atoms with E-state index in [1.54, 1.807) is 25.7 Å². The van der Waals surface area contributed by atoms with Crippen LogP contribution in [0.4, 0.5) is 0 Å². The van der Waals surface area contributed by atoms with Crippen LogP contribution in [0.25, 0.3) is 0 Å². The van der Waals surface area contributed by atoms with Crippen molar-refractivity contribution in [3.8, 4) is 0 Å². The van der Waals surface area contributed by atoms with E-state index in [4.69, 9.17) is 13.9 Å². The van der Waals surface area contributed by atoms with Gasteiger partial charge in [-0.05, 0) is 31.7 Å². The Morgan fingerprint density at radius 2 is 2.00 bits per heavy atom. The van der Waals surface area contributed by atoms with Crippen molar-refractivity contribution in [3.05, 3.63) is 24.2 Å². The van der Waals surface area contributed by atoms with Crippen LogP contribution >= 0.6 is 0 Å². The molecule has 1 atom stereocenters. The van der Waals surface area contributed by atoms with E-state index >= 15 is 0 Å². The molecule has 1 aromatic heterocycles. The molecule has 1 amide bonds. The number of hydrogen-bond acceptors (Lipinski definition) is 5. The maximum absolute atomic E-state index is 12.5. The van der Waals surface area contributed by atoms with Gasteiger partial charge in [0.1, 0.15) is 6.26 Å². The van der Waals surface area contributed by atoms with Gasteiger partial charge in [0.2, 0.25) is 0 Å². The second kappa shape index (κ2) is 8.33. The van der Waals surface area contributed by atoms with Gasteiger partial charge in [0.05, 0.1) is 31.1 Å². The number of ether oxygens (including phenoxy) is 2. The fraction of sp³-hybridized carbons (Fsp3) is 0.762. The lowest BCUT2D eigenvalue weighted by Gasteiger charge is -2.63. The molecule has 0 radical (unpaired) electrons. The molecule has 2 saturated heterocycles. The summed E-state index contributed by atoms with van der Waals surface area (Å²) in [6.07, 6.45) is 12.0. The molecule has 1 saturated carbocycles. The van der Waals surface area contributed by atoms with Gasteiger partial charge in [-0.2, -0.15) is 0 Å². The minimum absolute atomic E-state index is 0.0963. The van der Waals surface area contributed by atoms with Gasteiger partial charge in [0.25, 0.3) is 5.91 Å². The van der Waals surface area contributed by atoms with Crippen molar-refractivity contribution in [1.29, 1.82) is 0 Å². The summed E-state index contributed by atoms with van der Waals surface area (Å²) < 4.78 is 16.4. The van der Waals surface area contributed by atoms with E-state index in [1.807, 2.05) is 4.90 Å². The van der Waals surface area contributed by atoms with Crippen LogP contribution in [-0.4, -0.2) is 73.3 Å². The van der Waals surface area contributed by atoms with Crippen molar-refractivity contribution in [2.75, 3.05) is 40.0 Å². The molecule has 3 heterocycles. The van der Waals surface area contributed by atoms with Gasteiger partial charge in [0.15, 0.2) is 0 Å². The normalized spacial score (nSPS) is 26.3. The van der Waals surface area contributed by atoms with Crippen LogP contribution in [0.15, 0.2) is 23.0 Å². The Hall–Kier alpha value is -1.37. The molecule has 0 bridgehead atoms. The van der Waals surface area contributed by atoms with E-state index in [1.165, 1.54) is 32.1 Å². The largest absolute Gasteiger partial charge is 0.472 e. The first-order chi connectivity index (χ1) is 13.2. The topological polar surface area (TPSA) is 55.2 Å². The average molecular weight is 376 g/mol. The second-order valence-corrected chi connectivity index (χ2v) is 8.20. The Kier molecular flexibility index (Phi) is 5.85. The molecule has 0 aromatic carbocycles. The molecule has 1 aromatic rings. The Bertz CT molecular complexity index is 604. The summed E-state index contributed by atoms with van der Waals surface area (Å²) >= 11 is 0. The highest BCUT2D eigenvalue weighted by Crippen LogP contribution is 2.47. The Morgan fingerprint density at radius 1 is 1.22 bits per heavy atom. The highest BCUT2D eigenvalue weighted by Gasteiger charge is 2.56. The molecule has 4 rings (SSSR count). The third-order valence-corrected chi connectivity index (χ3v) is 6.82. The molecular formula is C21H32N2O4. The van der Waals surface area contributed by atoms with E-state index in [0.717, 1.165) is 32.5 Å². The van der Waals surface area contributed by atoms with Crippen LogP contribution in [0.3, 0.4) is 0 Å². The summed E-state index contributed by atoms with van der Waals surface area (Å²) in [5.74, 6) is 0.0963. The summed E-state index contributed by atoms with van der Waals surface area (Å²) in [6.45, 7) is 4.05. The number of nitrogens with zero attached hydrogens (tertiary/aromatic N) is 2. The van der Waals surface area contributed by atoms with Crippen LogP contribution in [0, 0.1) is 0 Å². The van der Waals surface area contributed by atoms with Crippen LogP contribution < -0.4 is 0 Å². The summed E-state index contributed by atoms with van der Waals surface area (Å²) in [5.41, 5.74) is 0.890. The Labute approximate surface area is 161 Å². The Morgan fingerprint density at radius 3 is 2.67 bits per heavy atom. The van der Waals surface area contributed by atoms with Gasteiger partial charge in [-0.25, -0.2) is 0 Å². The highest BCUT2D eigenvalue weighted by atomic mass is 16.5. The zero-order valence-corrected chi connectivity index (χ0v) is 16.4. The number of carbonyl (C=O) groups is 1. The Balaban J connectivity index is 1.35. The maximum Gasteiger partial charge on any atom is 0.257 e. The molecule has 27 heavy (non-hydrogen) atoms. The van der Waals surface area contributed by atoms with Crippen LogP contribution in [0.1, 0.15) is 55.3 Å². The number of hydrogen-bond donors (Lipinski definition) is 0. The molecule has 6 heteroatoms. The summed E-state index contributed by atoms with van der Waals surface area (Å²) in [4.78, 5) is 17.2. The van der Waals surface area contributed by atoms with Gasteiger partial charge in [-0.1, -0.05) is 19.3 Å². The van der Waals surface area contributed by atoms with E-state index in [-0.39, 0.29) is 11.4 Å². The first-order valence-corrected chi connectivity index (χ1v) is 10.4. The number of furan rings is 1. The summed E-state index contributed by atoms with van der Waals surface area (Å²) in [7, 11) is 1.73. The molecule has 0 N–H and O–H groups in total. The van der Waals surface area contributed by atoms with Crippen molar-refractivity contribution in [3.63, 3.8) is 0 Å². The van der Waals surface area contributed by atoms with Gasteiger partial charge in [-0.15, -0.1) is 0 Å². The number of carbonyl (C=O) groups excluding carboxylic acids is 1. The monoisotopic (exact) mass is 376 g/mol. The zero-order valence-electron chi connectivity index (χ0n) is 16.4. The smallest absolute Gasteiger partial charge is 0.257 e. The number of rotatable bonds is 6. The second-order valence-electron chi connectivity index (χ2n) is 8.20. The zero-order chi connectivity index (χ0) is 18.7. The summed E-state index contributed by atoms with van der Waals surface area (Å²) in [6, 6.07) is 2.32. The molecule has 150 valence electrons. The molecule has 1 spiro atoms. The number of methoxy groups -OCH3 is 1. The van der Waals surface area contributed by atoms with Gasteiger partial charge >= 0.3 is 0 Å². The van der Waals surface area contributed by atoms with Crippen molar-refractivity contribution in [2.24, 2.45) is 0 Å². The van der Waals surface area contributed by atoms with Crippen LogP contribution in [0.5, 0.6) is 0 Å². The van der Waals surface area contributed by atoms with Gasteiger partial charge in [0, 0.05) is 38.3 Å². The van der Waals surface area contributed by atoms with Crippen molar-refractivity contribution < 1.29 is 18.7 Å². The molecular weight excluding hydrogens is 344 g/mol. The molecule has 3 fully saturated rings. The number of amides is 1. The van der Waals surface area contributed by atoms with Crippen LogP contribution in [0.2, 0.25) is 0 Å². The van der Waals surface area contributed by atoms with Crippen LogP contribution in [-0.2, 0) is 9.47 Å². The first kappa shape index (κ1) is 19.0. The maximum atomic E-state index is 12.5. The third kappa shape index (κ3) is 3.67. The standard InChI is InChI=1S/C21H32N2O4/c1-25-13-14-27-19-15-23(21(19)8-3-2-4-9-21)18-5-10-22(11-6-18)20(24)17-7-12-26-16-17/h7,12,16,18-19H,2-6,8-11,13-15H2,1H3/t19-/m0/s1. The molecule has 6 nitrogen and oxygen atoms in total. The minimum atomic E-state index is 0.0963. The predicted molar refractivity (Wildman–Crippen MR) is 102 cm³/mol. The number of likely N-dealkylation sites (tertiary alicyclic amines) is 2. The lowest BCUT2D eigenvalue weighted by atomic mass is 9.69. The van der Waals surface area contributed by atoms with Crippen molar-refractivity contribution in [1.82, 2.24) is 9.80 Å². The minimum Gasteiger partial charge on any atom is -0.472 e. The third-order valence-electron chi connectivity index (χ3n) is 6.82. The predicted octanol–water partition coefficient (Wildman–Crippen LogP) is 2.93. The fourth-order valence-electron chi connectivity index (χ4n) is 5.32. The van der Waals surface area contributed by atoms with Gasteiger partial charge in [-0.3, -0.25) is 9.69 Å². The number of piperidine rings is 1. The van der Waals surface area contributed by atoms with E-state index in [2.05, 4.69) is 4.90 Å². The average Bonchev–Trinajstić information content (AvgIpc) is 3.25. The van der Waals surface area contributed by atoms with E-state index in [9.17, 15) is 4.79 Å². The van der Waals surface area contributed by atoms with E-state index < -0.39 is 0 Å². The van der Waals surface area contributed by atoms with Crippen molar-refractivity contribution >= 4 is 5.91 Å². The lowest BCUT2D eigenvalue weighted by Crippen LogP contribution is -2.75.